The van der Waals surface area contributed by atoms with Crippen LogP contribution in [0.4, 0.5) is 0 Å². The number of carboxylic acid groups (broad SMARTS) is 1. The largest absolute Gasteiger partial charge is 0.481 e. The zero-order valence-electron chi connectivity index (χ0n) is 11.0. The molecule has 1 saturated heterocycles. The second-order valence-corrected chi connectivity index (χ2v) is 5.57. The molecule has 5 nitrogen and oxygen atoms in total. The molecule has 1 heterocycles. The van der Waals surface area contributed by atoms with E-state index >= 15 is 0 Å². The highest BCUT2D eigenvalue weighted by Crippen LogP contribution is 2.25. The summed E-state index contributed by atoms with van der Waals surface area (Å²) in [6.45, 7) is 1.19. The molecule has 1 atom stereocenters. The van der Waals surface area contributed by atoms with Crippen LogP contribution in [0.15, 0.2) is 0 Å². The summed E-state index contributed by atoms with van der Waals surface area (Å²) in [5.41, 5.74) is 0. The molecule has 1 amide bonds. The van der Waals surface area contributed by atoms with Crippen molar-refractivity contribution in [1.82, 2.24) is 9.80 Å². The van der Waals surface area contributed by atoms with Gasteiger partial charge in [-0.15, -0.1) is 0 Å². The topological polar surface area (TPSA) is 60.9 Å². The van der Waals surface area contributed by atoms with Gasteiger partial charge in [0.05, 0.1) is 12.5 Å². The van der Waals surface area contributed by atoms with E-state index in [1.54, 1.807) is 0 Å². The SMILES string of the molecule is CN1CC(=O)N(C2CCCCC2)CC(C(=O)O)C1. The molecule has 1 unspecified atom stereocenters. The quantitative estimate of drug-likeness (QED) is 0.791. The molecule has 0 spiro atoms. The number of rotatable bonds is 2. The molecule has 0 aromatic rings. The Morgan fingerprint density at radius 1 is 1.22 bits per heavy atom. The lowest BCUT2D eigenvalue weighted by atomic mass is 9.93. The van der Waals surface area contributed by atoms with E-state index in [2.05, 4.69) is 0 Å². The fourth-order valence-corrected chi connectivity index (χ4v) is 3.06. The zero-order chi connectivity index (χ0) is 13.1. The van der Waals surface area contributed by atoms with Crippen LogP contribution in [0.2, 0.25) is 0 Å². The first-order valence-electron chi connectivity index (χ1n) is 6.78. The molecule has 1 saturated carbocycles. The molecule has 0 aromatic carbocycles. The molecule has 2 aliphatic rings. The Kier molecular flexibility index (Phi) is 4.22. The lowest BCUT2D eigenvalue weighted by molar-refractivity contribution is -0.143. The first-order valence-corrected chi connectivity index (χ1v) is 6.78. The van der Waals surface area contributed by atoms with Crippen LogP contribution in [0, 0.1) is 5.92 Å². The van der Waals surface area contributed by atoms with Crippen molar-refractivity contribution in [2.45, 2.75) is 38.1 Å². The van der Waals surface area contributed by atoms with Crippen molar-refractivity contribution < 1.29 is 14.7 Å². The average Bonchev–Trinajstić information content (AvgIpc) is 2.49. The number of hydrogen-bond donors (Lipinski definition) is 1. The van der Waals surface area contributed by atoms with Gasteiger partial charge in [-0.1, -0.05) is 19.3 Å². The van der Waals surface area contributed by atoms with Gasteiger partial charge in [-0.05, 0) is 19.9 Å². The Bertz CT molecular complexity index is 326. The number of amides is 1. The molecule has 1 aliphatic carbocycles. The van der Waals surface area contributed by atoms with Crippen molar-refractivity contribution in [2.75, 3.05) is 26.7 Å². The Hall–Kier alpha value is -1.10. The molecule has 5 heteroatoms. The van der Waals surface area contributed by atoms with Gasteiger partial charge >= 0.3 is 5.97 Å². The third kappa shape index (κ3) is 3.02. The first kappa shape index (κ1) is 13.3. The number of nitrogens with zero attached hydrogens (tertiary/aromatic N) is 2. The minimum Gasteiger partial charge on any atom is -0.481 e. The molecule has 2 rings (SSSR count). The zero-order valence-corrected chi connectivity index (χ0v) is 11.0. The van der Waals surface area contributed by atoms with Crippen LogP contribution in [-0.2, 0) is 9.59 Å². The van der Waals surface area contributed by atoms with Crippen molar-refractivity contribution in [2.24, 2.45) is 5.92 Å². The van der Waals surface area contributed by atoms with Crippen LogP contribution in [0.25, 0.3) is 0 Å². The van der Waals surface area contributed by atoms with Gasteiger partial charge in [0.15, 0.2) is 0 Å². The standard InChI is InChI=1S/C13H22N2O3/c1-14-7-10(13(17)18)8-15(12(16)9-14)11-5-3-2-4-6-11/h10-11H,2-9H2,1H3,(H,17,18). The minimum absolute atomic E-state index is 0.0909. The first-order chi connectivity index (χ1) is 8.58. The van der Waals surface area contributed by atoms with Gasteiger partial charge in [-0.3, -0.25) is 14.5 Å². The molecular formula is C13H22N2O3. The van der Waals surface area contributed by atoms with Crippen LogP contribution in [-0.4, -0.2) is 59.5 Å². The second kappa shape index (κ2) is 5.69. The van der Waals surface area contributed by atoms with E-state index < -0.39 is 11.9 Å². The third-order valence-electron chi connectivity index (χ3n) is 4.04. The summed E-state index contributed by atoms with van der Waals surface area (Å²) in [4.78, 5) is 27.1. The predicted octanol–water partition coefficient (Wildman–Crippen LogP) is 0.794. The van der Waals surface area contributed by atoms with Crippen LogP contribution in [0.1, 0.15) is 32.1 Å². The number of likely N-dealkylation sites (N-methyl/N-ethyl adjacent to an activating group) is 1. The molecule has 1 N–H and O–H groups in total. The highest BCUT2D eigenvalue weighted by molar-refractivity contribution is 5.80. The summed E-state index contributed by atoms with van der Waals surface area (Å²) in [5, 5.41) is 9.22. The Morgan fingerprint density at radius 2 is 1.89 bits per heavy atom. The maximum atomic E-state index is 12.2. The monoisotopic (exact) mass is 254 g/mol. The van der Waals surface area contributed by atoms with Crippen molar-refractivity contribution in [3.05, 3.63) is 0 Å². The van der Waals surface area contributed by atoms with E-state index in [0.717, 1.165) is 25.7 Å². The number of hydrogen-bond acceptors (Lipinski definition) is 3. The predicted molar refractivity (Wildman–Crippen MR) is 67.2 cm³/mol. The Morgan fingerprint density at radius 3 is 2.50 bits per heavy atom. The Labute approximate surface area is 108 Å². The van der Waals surface area contributed by atoms with Crippen LogP contribution < -0.4 is 0 Å². The average molecular weight is 254 g/mol. The van der Waals surface area contributed by atoms with E-state index in [0.29, 0.717) is 19.6 Å². The van der Waals surface area contributed by atoms with Gasteiger partial charge in [0.1, 0.15) is 0 Å². The van der Waals surface area contributed by atoms with E-state index in [4.69, 9.17) is 0 Å². The van der Waals surface area contributed by atoms with Crippen molar-refractivity contribution in [3.63, 3.8) is 0 Å². The normalized spacial score (nSPS) is 28.2. The number of carbonyl (C=O) groups is 2. The molecule has 0 aromatic heterocycles. The van der Waals surface area contributed by atoms with E-state index in [1.807, 2.05) is 16.8 Å². The van der Waals surface area contributed by atoms with E-state index in [-0.39, 0.29) is 11.9 Å². The summed E-state index contributed by atoms with van der Waals surface area (Å²) in [6.07, 6.45) is 5.61. The molecule has 1 aliphatic heterocycles. The third-order valence-corrected chi connectivity index (χ3v) is 4.04. The molecule has 102 valence electrons. The number of carboxylic acids is 1. The molecule has 18 heavy (non-hydrogen) atoms. The van der Waals surface area contributed by atoms with E-state index in [9.17, 15) is 14.7 Å². The summed E-state index contributed by atoms with van der Waals surface area (Å²) < 4.78 is 0. The van der Waals surface area contributed by atoms with Gasteiger partial charge in [0.2, 0.25) is 5.91 Å². The van der Waals surface area contributed by atoms with Crippen molar-refractivity contribution >= 4 is 11.9 Å². The lowest BCUT2D eigenvalue weighted by Gasteiger charge is -2.34. The van der Waals surface area contributed by atoms with Crippen LogP contribution >= 0.6 is 0 Å². The molecular weight excluding hydrogens is 232 g/mol. The number of carbonyl (C=O) groups excluding carboxylic acids is 1. The van der Waals surface area contributed by atoms with Gasteiger partial charge < -0.3 is 10.0 Å². The van der Waals surface area contributed by atoms with E-state index in [1.165, 1.54) is 6.42 Å². The summed E-state index contributed by atoms with van der Waals surface area (Å²) in [7, 11) is 1.82. The Balaban J connectivity index is 2.10. The van der Waals surface area contributed by atoms with Gasteiger partial charge in [0.25, 0.3) is 0 Å². The fourth-order valence-electron chi connectivity index (χ4n) is 3.06. The maximum absolute atomic E-state index is 12.2. The highest BCUT2D eigenvalue weighted by Gasteiger charge is 2.34. The summed E-state index contributed by atoms with van der Waals surface area (Å²) in [5.74, 6) is -1.16. The lowest BCUT2D eigenvalue weighted by Crippen LogP contribution is -2.45. The van der Waals surface area contributed by atoms with Crippen LogP contribution in [0.3, 0.4) is 0 Å². The minimum atomic E-state index is -0.794. The summed E-state index contributed by atoms with van der Waals surface area (Å²) in [6, 6.07) is 0.264. The van der Waals surface area contributed by atoms with Gasteiger partial charge in [0, 0.05) is 19.1 Å². The number of aliphatic carboxylic acids is 1. The van der Waals surface area contributed by atoms with Gasteiger partial charge in [-0.2, -0.15) is 0 Å². The molecule has 2 fully saturated rings. The van der Waals surface area contributed by atoms with Gasteiger partial charge in [-0.25, -0.2) is 0 Å². The highest BCUT2D eigenvalue weighted by atomic mass is 16.4. The molecule has 0 radical (unpaired) electrons. The van der Waals surface area contributed by atoms with Crippen LogP contribution in [0.5, 0.6) is 0 Å². The fraction of sp³-hybridized carbons (Fsp3) is 0.846. The van der Waals surface area contributed by atoms with Crippen molar-refractivity contribution in [1.29, 1.82) is 0 Å². The smallest absolute Gasteiger partial charge is 0.309 e. The van der Waals surface area contributed by atoms with Crippen molar-refractivity contribution in [3.8, 4) is 0 Å². The summed E-state index contributed by atoms with van der Waals surface area (Å²) >= 11 is 0. The molecule has 0 bridgehead atoms. The second-order valence-electron chi connectivity index (χ2n) is 5.57. The maximum Gasteiger partial charge on any atom is 0.309 e.